The standard InChI is InChI=1S/C7H17BO8P2/c1-4-6(9)5(15-7(4)8)3-14-17(2,10)16-18(11,12)13/h4-7,9H,3,8H2,1-2H3,(H2,11,12,13)/t4?,5?,6-,7+,17?/m0/s1. The molecule has 0 bridgehead atoms. The van der Waals surface area contributed by atoms with Crippen molar-refractivity contribution in [2.24, 2.45) is 5.92 Å². The van der Waals surface area contributed by atoms with Crippen LogP contribution in [0, 0.1) is 5.92 Å². The Bertz CT molecular complexity index is 384. The summed E-state index contributed by atoms with van der Waals surface area (Å²) < 4.78 is 36.3. The molecule has 1 rings (SSSR count). The molecule has 18 heavy (non-hydrogen) atoms. The van der Waals surface area contributed by atoms with Gasteiger partial charge in [0.05, 0.1) is 12.7 Å². The Hall–Kier alpha value is 0.285. The molecule has 0 aromatic carbocycles. The van der Waals surface area contributed by atoms with Crippen molar-refractivity contribution in [1.82, 2.24) is 0 Å². The maximum absolute atomic E-state index is 11.6. The van der Waals surface area contributed by atoms with Crippen molar-refractivity contribution in [2.75, 3.05) is 13.3 Å². The molecule has 1 aliphatic rings. The highest BCUT2D eigenvalue weighted by molar-refractivity contribution is 7.63. The molecule has 0 aliphatic carbocycles. The van der Waals surface area contributed by atoms with Crippen molar-refractivity contribution in [3.63, 3.8) is 0 Å². The molecule has 1 saturated heterocycles. The lowest BCUT2D eigenvalue weighted by Gasteiger charge is -2.19. The summed E-state index contributed by atoms with van der Waals surface area (Å²) in [6.45, 7) is 2.48. The molecule has 1 aliphatic heterocycles. The van der Waals surface area contributed by atoms with Gasteiger partial charge in [-0.15, -0.1) is 0 Å². The molecule has 1 fully saturated rings. The molecule has 0 aromatic heterocycles. The molecule has 11 heteroatoms. The molecular formula is C7H17BO8P2. The maximum atomic E-state index is 11.6. The highest BCUT2D eigenvalue weighted by Gasteiger charge is 2.40. The van der Waals surface area contributed by atoms with Crippen LogP contribution in [0.25, 0.3) is 0 Å². The van der Waals surface area contributed by atoms with Crippen LogP contribution in [0.2, 0.25) is 0 Å². The second kappa shape index (κ2) is 5.73. The first-order chi connectivity index (χ1) is 8.02. The summed E-state index contributed by atoms with van der Waals surface area (Å²) in [7, 11) is -6.98. The molecule has 3 unspecified atom stereocenters. The first-order valence-corrected chi connectivity index (χ1v) is 8.86. The maximum Gasteiger partial charge on any atom is 0.476 e. The predicted octanol–water partition coefficient (Wildman–Crippen LogP) is -0.710. The van der Waals surface area contributed by atoms with Crippen molar-refractivity contribution in [1.29, 1.82) is 0 Å². The minimum Gasteiger partial charge on any atom is -0.390 e. The van der Waals surface area contributed by atoms with Crippen LogP contribution in [-0.4, -0.2) is 54.2 Å². The first kappa shape index (κ1) is 16.3. The van der Waals surface area contributed by atoms with E-state index < -0.39 is 27.6 Å². The zero-order chi connectivity index (χ0) is 14.1. The van der Waals surface area contributed by atoms with E-state index in [1.54, 1.807) is 14.8 Å². The van der Waals surface area contributed by atoms with Crippen LogP contribution in [0.4, 0.5) is 0 Å². The lowest BCUT2D eigenvalue weighted by molar-refractivity contribution is -0.000219. The lowest BCUT2D eigenvalue weighted by atomic mass is 9.86. The third-order valence-corrected chi connectivity index (χ3v) is 5.43. The van der Waals surface area contributed by atoms with Gasteiger partial charge in [0.25, 0.3) is 0 Å². The van der Waals surface area contributed by atoms with Gasteiger partial charge in [-0.2, -0.15) is 0 Å². The van der Waals surface area contributed by atoms with E-state index in [0.717, 1.165) is 6.66 Å². The minimum absolute atomic E-state index is 0.0995. The molecule has 0 aromatic rings. The van der Waals surface area contributed by atoms with E-state index in [4.69, 9.17) is 19.0 Å². The van der Waals surface area contributed by atoms with Gasteiger partial charge in [0.1, 0.15) is 14.0 Å². The van der Waals surface area contributed by atoms with Crippen LogP contribution >= 0.6 is 15.4 Å². The first-order valence-electron chi connectivity index (χ1n) is 5.34. The SMILES string of the molecule is B[C@@H]1OC(COP(C)(=O)OP(=O)(O)O)[C@@H](O)C1C. The Morgan fingerprint density at radius 1 is 1.39 bits per heavy atom. The minimum atomic E-state index is -4.88. The van der Waals surface area contributed by atoms with E-state index in [1.165, 1.54) is 0 Å². The van der Waals surface area contributed by atoms with Gasteiger partial charge in [0.15, 0.2) is 0 Å². The second-order valence-electron chi connectivity index (χ2n) is 4.37. The van der Waals surface area contributed by atoms with E-state index in [1.807, 2.05) is 0 Å². The van der Waals surface area contributed by atoms with E-state index in [-0.39, 0.29) is 18.5 Å². The van der Waals surface area contributed by atoms with Crippen LogP contribution in [-0.2, 0) is 22.7 Å². The predicted molar refractivity (Wildman–Crippen MR) is 65.0 cm³/mol. The Labute approximate surface area is 106 Å². The van der Waals surface area contributed by atoms with Crippen LogP contribution in [0.1, 0.15) is 6.92 Å². The second-order valence-corrected chi connectivity index (χ2v) is 7.80. The number of phosphoric acid groups is 1. The Morgan fingerprint density at radius 2 is 1.94 bits per heavy atom. The Balaban J connectivity index is 2.51. The average molecular weight is 302 g/mol. The number of hydrogen-bond donors (Lipinski definition) is 3. The third kappa shape index (κ3) is 4.76. The largest absolute Gasteiger partial charge is 0.476 e. The van der Waals surface area contributed by atoms with Crippen molar-refractivity contribution >= 4 is 23.3 Å². The van der Waals surface area contributed by atoms with Gasteiger partial charge >= 0.3 is 15.4 Å². The van der Waals surface area contributed by atoms with Gasteiger partial charge in [-0.3, -0.25) is 4.57 Å². The van der Waals surface area contributed by atoms with E-state index in [2.05, 4.69) is 4.31 Å². The van der Waals surface area contributed by atoms with Gasteiger partial charge in [0.2, 0.25) is 0 Å². The summed E-state index contributed by atoms with van der Waals surface area (Å²) in [6, 6.07) is -0.174. The smallest absolute Gasteiger partial charge is 0.390 e. The number of rotatable bonds is 5. The summed E-state index contributed by atoms with van der Waals surface area (Å²) in [5.74, 6) is -0.0995. The molecular weight excluding hydrogens is 285 g/mol. The summed E-state index contributed by atoms with van der Waals surface area (Å²) >= 11 is 0. The molecule has 0 amide bonds. The quantitative estimate of drug-likeness (QED) is 0.449. The Kier molecular flexibility index (Phi) is 5.20. The van der Waals surface area contributed by atoms with E-state index in [0.29, 0.717) is 0 Å². The van der Waals surface area contributed by atoms with Crippen molar-refractivity contribution in [3.8, 4) is 0 Å². The average Bonchev–Trinajstić information content (AvgIpc) is 2.39. The summed E-state index contributed by atoms with van der Waals surface area (Å²) in [5.41, 5.74) is 0. The molecule has 0 spiro atoms. The zero-order valence-corrected chi connectivity index (χ0v) is 12.1. The number of aliphatic hydroxyl groups is 1. The van der Waals surface area contributed by atoms with Gasteiger partial charge in [-0.05, 0) is 0 Å². The van der Waals surface area contributed by atoms with E-state index in [9.17, 15) is 14.2 Å². The molecule has 0 radical (unpaired) electrons. The number of hydrogen-bond acceptors (Lipinski definition) is 6. The van der Waals surface area contributed by atoms with Crippen LogP contribution in [0.15, 0.2) is 0 Å². The van der Waals surface area contributed by atoms with Gasteiger partial charge < -0.3 is 24.2 Å². The topological polar surface area (TPSA) is 123 Å². The van der Waals surface area contributed by atoms with Crippen LogP contribution in [0.3, 0.4) is 0 Å². The fraction of sp³-hybridized carbons (Fsp3) is 1.00. The van der Waals surface area contributed by atoms with Crippen LogP contribution < -0.4 is 0 Å². The number of aliphatic hydroxyl groups excluding tert-OH is 1. The molecule has 106 valence electrons. The van der Waals surface area contributed by atoms with Crippen molar-refractivity contribution < 1.29 is 37.6 Å². The lowest BCUT2D eigenvalue weighted by Crippen LogP contribution is -2.29. The highest BCUT2D eigenvalue weighted by atomic mass is 31.3. The summed E-state index contributed by atoms with van der Waals surface area (Å²) in [6.07, 6.45) is -1.47. The zero-order valence-electron chi connectivity index (χ0n) is 10.3. The fourth-order valence-electron chi connectivity index (χ4n) is 1.66. The molecule has 3 N–H and O–H groups in total. The third-order valence-electron chi connectivity index (χ3n) is 2.78. The monoisotopic (exact) mass is 302 g/mol. The van der Waals surface area contributed by atoms with Gasteiger partial charge in [0, 0.05) is 18.6 Å². The molecule has 8 nitrogen and oxygen atoms in total. The molecule has 5 atom stereocenters. The van der Waals surface area contributed by atoms with Crippen LogP contribution in [0.5, 0.6) is 0 Å². The number of ether oxygens (including phenoxy) is 1. The highest BCUT2D eigenvalue weighted by Crippen LogP contribution is 2.58. The van der Waals surface area contributed by atoms with Gasteiger partial charge in [-0.25, -0.2) is 8.88 Å². The van der Waals surface area contributed by atoms with E-state index >= 15 is 0 Å². The molecule has 1 heterocycles. The van der Waals surface area contributed by atoms with Crippen molar-refractivity contribution in [3.05, 3.63) is 0 Å². The molecule has 0 saturated carbocycles. The normalized spacial score (nSPS) is 36.5. The Morgan fingerprint density at radius 3 is 2.33 bits per heavy atom. The summed E-state index contributed by atoms with van der Waals surface area (Å²) in [4.78, 5) is 17.1. The fourth-order valence-corrected chi connectivity index (χ4v) is 3.81. The van der Waals surface area contributed by atoms with Gasteiger partial charge in [-0.1, -0.05) is 6.92 Å². The summed E-state index contributed by atoms with van der Waals surface area (Å²) in [5, 5.41) is 9.77. The van der Waals surface area contributed by atoms with Crippen molar-refractivity contribution in [2.45, 2.75) is 25.1 Å².